The molecule has 12 rings (SSSR count). The van der Waals surface area contributed by atoms with Gasteiger partial charge < -0.3 is 4.42 Å². The molecule has 1 heteroatoms. The van der Waals surface area contributed by atoms with Crippen LogP contribution in [0.4, 0.5) is 0 Å². The summed E-state index contributed by atoms with van der Waals surface area (Å²) in [5.41, 5.74) is 6.74. The number of furan rings is 1. The molecule has 1 heterocycles. The van der Waals surface area contributed by atoms with Gasteiger partial charge in [0.15, 0.2) is 0 Å². The molecule has 0 N–H and O–H groups in total. The van der Waals surface area contributed by atoms with E-state index in [9.17, 15) is 0 Å². The molecule has 0 spiro atoms. The zero-order valence-electron chi connectivity index (χ0n) is 28.7. The van der Waals surface area contributed by atoms with Gasteiger partial charge in [-0.05, 0) is 128 Å². The molecule has 53 heavy (non-hydrogen) atoms. The normalized spacial score (nSPS) is 12.2. The van der Waals surface area contributed by atoms with Crippen LogP contribution in [-0.2, 0) is 0 Å². The minimum atomic E-state index is 0.907. The fraction of sp³-hybridized carbons (Fsp3) is 0. The Morgan fingerprint density at radius 1 is 0.264 bits per heavy atom. The molecule has 1 nitrogen and oxygen atoms in total. The Kier molecular flexibility index (Phi) is 5.84. The number of benzene rings is 11. The Bertz CT molecular complexity index is 3450. The molecule has 0 unspecified atom stereocenters. The van der Waals surface area contributed by atoms with Gasteiger partial charge in [-0.25, -0.2) is 0 Å². The second-order valence-corrected chi connectivity index (χ2v) is 14.3. The van der Waals surface area contributed by atoms with Crippen molar-refractivity contribution < 1.29 is 4.42 Å². The van der Waals surface area contributed by atoms with Crippen LogP contribution in [0.3, 0.4) is 0 Å². The average molecular weight is 671 g/mol. The highest BCUT2D eigenvalue weighted by atomic mass is 16.3. The first-order chi connectivity index (χ1) is 26.3. The Morgan fingerprint density at radius 3 is 1.36 bits per heavy atom. The van der Waals surface area contributed by atoms with E-state index >= 15 is 0 Å². The van der Waals surface area contributed by atoms with Crippen molar-refractivity contribution in [3.63, 3.8) is 0 Å². The van der Waals surface area contributed by atoms with Gasteiger partial charge in [-0.3, -0.25) is 0 Å². The Morgan fingerprint density at radius 2 is 0.717 bits per heavy atom. The Balaban J connectivity index is 1.19. The van der Waals surface area contributed by atoms with E-state index in [2.05, 4.69) is 182 Å². The maximum Gasteiger partial charge on any atom is 0.136 e. The van der Waals surface area contributed by atoms with E-state index in [-0.39, 0.29) is 0 Å². The van der Waals surface area contributed by atoms with Gasteiger partial charge in [0.2, 0.25) is 0 Å². The van der Waals surface area contributed by atoms with Crippen LogP contribution in [0.5, 0.6) is 0 Å². The molecule has 0 atom stereocenters. The molecule has 12 aromatic rings. The van der Waals surface area contributed by atoms with Gasteiger partial charge in [-0.1, -0.05) is 152 Å². The van der Waals surface area contributed by atoms with E-state index < -0.39 is 0 Å². The lowest BCUT2D eigenvalue weighted by atomic mass is 9.82. The summed E-state index contributed by atoms with van der Waals surface area (Å²) in [5.74, 6) is 0. The highest BCUT2D eigenvalue weighted by Gasteiger charge is 2.21. The lowest BCUT2D eigenvalue weighted by Crippen LogP contribution is -1.93. The van der Waals surface area contributed by atoms with Crippen LogP contribution in [0.25, 0.3) is 120 Å². The van der Waals surface area contributed by atoms with Gasteiger partial charge >= 0.3 is 0 Å². The van der Waals surface area contributed by atoms with Crippen molar-refractivity contribution in [2.45, 2.75) is 0 Å². The molecular weight excluding hydrogens is 641 g/mol. The van der Waals surface area contributed by atoms with Gasteiger partial charge in [-0.2, -0.15) is 0 Å². The first-order valence-electron chi connectivity index (χ1n) is 18.3. The van der Waals surface area contributed by atoms with Gasteiger partial charge in [0.25, 0.3) is 0 Å². The molecule has 0 aliphatic heterocycles. The molecule has 0 saturated heterocycles. The smallest absolute Gasteiger partial charge is 0.136 e. The molecule has 0 radical (unpaired) electrons. The van der Waals surface area contributed by atoms with Crippen LogP contribution in [0, 0.1) is 0 Å². The summed E-state index contributed by atoms with van der Waals surface area (Å²) in [7, 11) is 0. The van der Waals surface area contributed by atoms with Crippen LogP contribution in [-0.4, -0.2) is 0 Å². The third-order valence-corrected chi connectivity index (χ3v) is 11.6. The number of hydrogen-bond acceptors (Lipinski definition) is 1. The second-order valence-electron chi connectivity index (χ2n) is 14.3. The van der Waals surface area contributed by atoms with E-state index in [1.54, 1.807) is 0 Å². The fourth-order valence-corrected chi connectivity index (χ4v) is 9.32. The predicted octanol–water partition coefficient (Wildman–Crippen LogP) is 15.0. The Labute approximate surface area is 304 Å². The largest absolute Gasteiger partial charge is 0.456 e. The van der Waals surface area contributed by atoms with Crippen molar-refractivity contribution in [2.75, 3.05) is 0 Å². The average Bonchev–Trinajstić information content (AvgIpc) is 3.58. The second kappa shape index (κ2) is 10.8. The topological polar surface area (TPSA) is 13.1 Å². The molecule has 244 valence electrons. The van der Waals surface area contributed by atoms with Crippen molar-refractivity contribution in [1.82, 2.24) is 0 Å². The van der Waals surface area contributed by atoms with Gasteiger partial charge in [0.05, 0.1) is 0 Å². The first kappa shape index (κ1) is 28.7. The van der Waals surface area contributed by atoms with E-state index in [0.717, 1.165) is 27.5 Å². The summed E-state index contributed by atoms with van der Waals surface area (Å²) in [6.07, 6.45) is 0. The third-order valence-electron chi connectivity index (χ3n) is 11.6. The highest BCUT2D eigenvalue weighted by Crippen LogP contribution is 2.49. The van der Waals surface area contributed by atoms with Crippen LogP contribution < -0.4 is 0 Å². The number of rotatable bonds is 2. The monoisotopic (exact) mass is 670 g/mol. The SMILES string of the molecule is c1ccc2cc3c(cc2c1)oc1cc(-c2c4ccccc4c(-c4cc5c6ccccc6c6ccccc6c5c5ccccc45)c4ccccc24)ccc13. The lowest BCUT2D eigenvalue weighted by Gasteiger charge is -2.20. The molecule has 0 amide bonds. The molecule has 0 aliphatic rings. The summed E-state index contributed by atoms with van der Waals surface area (Å²) < 4.78 is 6.59. The molecule has 0 bridgehead atoms. The maximum atomic E-state index is 6.59. The van der Waals surface area contributed by atoms with Gasteiger partial charge in [0.1, 0.15) is 11.2 Å². The van der Waals surface area contributed by atoms with Gasteiger partial charge in [-0.15, -0.1) is 0 Å². The summed E-state index contributed by atoms with van der Waals surface area (Å²) in [6.45, 7) is 0. The van der Waals surface area contributed by atoms with Crippen molar-refractivity contribution in [3.8, 4) is 22.3 Å². The van der Waals surface area contributed by atoms with Crippen molar-refractivity contribution in [1.29, 1.82) is 0 Å². The highest BCUT2D eigenvalue weighted by molar-refractivity contribution is 6.34. The van der Waals surface area contributed by atoms with Crippen LogP contribution in [0.15, 0.2) is 186 Å². The first-order valence-corrected chi connectivity index (χ1v) is 18.3. The minimum Gasteiger partial charge on any atom is -0.456 e. The summed E-state index contributed by atoms with van der Waals surface area (Å²) >= 11 is 0. The Hall–Kier alpha value is -6.96. The van der Waals surface area contributed by atoms with E-state index in [4.69, 9.17) is 4.42 Å². The maximum absolute atomic E-state index is 6.59. The summed E-state index contributed by atoms with van der Waals surface area (Å²) in [4.78, 5) is 0. The zero-order chi connectivity index (χ0) is 34.6. The zero-order valence-corrected chi connectivity index (χ0v) is 28.7. The van der Waals surface area contributed by atoms with Crippen molar-refractivity contribution in [2.24, 2.45) is 0 Å². The summed E-state index contributed by atoms with van der Waals surface area (Å²) in [5, 5.41) is 20.0. The molecule has 11 aromatic carbocycles. The molecule has 1 aromatic heterocycles. The van der Waals surface area contributed by atoms with Crippen molar-refractivity contribution >= 4 is 97.3 Å². The van der Waals surface area contributed by atoms with E-state index in [0.29, 0.717) is 0 Å². The van der Waals surface area contributed by atoms with Crippen LogP contribution >= 0.6 is 0 Å². The minimum absolute atomic E-state index is 0.907. The molecule has 0 fully saturated rings. The number of hydrogen-bond donors (Lipinski definition) is 0. The molecular formula is C52H30O. The molecule has 0 aliphatic carbocycles. The molecule has 0 saturated carbocycles. The lowest BCUT2D eigenvalue weighted by molar-refractivity contribution is 0.669. The fourth-order valence-electron chi connectivity index (χ4n) is 9.32. The predicted molar refractivity (Wildman–Crippen MR) is 227 cm³/mol. The summed E-state index contributed by atoms with van der Waals surface area (Å²) in [6, 6.07) is 66.9. The quantitative estimate of drug-likeness (QED) is 0.132. The third kappa shape index (κ3) is 4.02. The van der Waals surface area contributed by atoms with Crippen LogP contribution in [0.1, 0.15) is 0 Å². The standard InChI is InChI=1S/C52H30O/c1-2-14-32-28-49-45(27-31(32)13-1)38-26-25-33(29-48(38)53-49)50-41-21-9-11-23-43(41)52(44-24-12-10-22-42(44)50)47-30-46-36-17-4-3-15-34(36)35-16-5-7-19-39(35)51(46)40-20-8-6-18-37(40)47/h1-30H. The van der Waals surface area contributed by atoms with Crippen molar-refractivity contribution in [3.05, 3.63) is 182 Å². The number of fused-ring (bicyclic) bond motifs is 14. The van der Waals surface area contributed by atoms with E-state index in [1.807, 2.05) is 0 Å². The van der Waals surface area contributed by atoms with E-state index in [1.165, 1.54) is 92.1 Å². The van der Waals surface area contributed by atoms with Crippen LogP contribution in [0.2, 0.25) is 0 Å². The van der Waals surface area contributed by atoms with Gasteiger partial charge in [0, 0.05) is 10.8 Å².